The van der Waals surface area contributed by atoms with Crippen LogP contribution in [0, 0.1) is 18.7 Å². The lowest BCUT2D eigenvalue weighted by Gasteiger charge is -2.16. The number of halogens is 2. The van der Waals surface area contributed by atoms with Gasteiger partial charge in [0, 0.05) is 55.1 Å². The molecule has 0 spiro atoms. The van der Waals surface area contributed by atoms with E-state index in [2.05, 4.69) is 25.4 Å². The molecule has 6 rings (SSSR count). The number of benzene rings is 1. The Kier molecular flexibility index (Phi) is 5.33. The van der Waals surface area contributed by atoms with E-state index in [0.717, 1.165) is 11.3 Å². The molecule has 188 valence electrons. The minimum absolute atomic E-state index is 0.00338. The Morgan fingerprint density at radius 1 is 1.14 bits per heavy atom. The number of aryl methyl sites for hydroxylation is 1. The van der Waals surface area contributed by atoms with Crippen molar-refractivity contribution in [2.24, 2.45) is 0 Å². The quantitative estimate of drug-likeness (QED) is 0.356. The molecule has 1 aliphatic heterocycles. The Balaban J connectivity index is 1.23. The molecule has 5 aromatic rings. The molecule has 2 N–H and O–H groups in total. The summed E-state index contributed by atoms with van der Waals surface area (Å²) < 4.78 is 32.8. The van der Waals surface area contributed by atoms with Crippen LogP contribution in [0.5, 0.6) is 0 Å². The van der Waals surface area contributed by atoms with E-state index in [1.807, 2.05) is 4.90 Å². The molecule has 0 saturated heterocycles. The standard InChI is InChI=1S/C25H22F2N8O2/c1-3-28-24(36)17-6-7-19(22(27)30-17)35-11-15-10-33(12-18(15)32-35)9-14-4-5-16-21(20(14)26)31-25(37)34-8-13(2)29-23(16)34/h4-8,11H,3,9-10,12H2,1-2H3,(H,28,36)(H,31,37). The van der Waals surface area contributed by atoms with Crippen LogP contribution in [0.1, 0.15) is 39.9 Å². The van der Waals surface area contributed by atoms with Crippen LogP contribution in [0.2, 0.25) is 0 Å². The average molecular weight is 505 g/mol. The molecule has 1 aromatic carbocycles. The van der Waals surface area contributed by atoms with Crippen LogP contribution in [0.15, 0.2) is 41.5 Å². The number of fused-ring (bicyclic) bond motifs is 4. The van der Waals surface area contributed by atoms with Gasteiger partial charge in [-0.2, -0.15) is 9.49 Å². The number of nitrogens with one attached hydrogen (secondary N) is 2. The van der Waals surface area contributed by atoms with Crippen LogP contribution < -0.4 is 11.0 Å². The molecular formula is C25H22F2N8O2. The molecule has 0 aliphatic carbocycles. The predicted octanol–water partition coefficient (Wildman–Crippen LogP) is 2.61. The van der Waals surface area contributed by atoms with Gasteiger partial charge in [-0.05, 0) is 32.0 Å². The van der Waals surface area contributed by atoms with Crippen molar-refractivity contribution < 1.29 is 13.6 Å². The van der Waals surface area contributed by atoms with E-state index in [0.29, 0.717) is 48.5 Å². The molecule has 1 amide bonds. The van der Waals surface area contributed by atoms with E-state index in [4.69, 9.17) is 0 Å². The highest BCUT2D eigenvalue weighted by Crippen LogP contribution is 2.28. The van der Waals surface area contributed by atoms with Gasteiger partial charge < -0.3 is 10.3 Å². The molecule has 0 radical (unpaired) electrons. The van der Waals surface area contributed by atoms with Gasteiger partial charge in [-0.1, -0.05) is 6.07 Å². The number of aromatic amines is 1. The summed E-state index contributed by atoms with van der Waals surface area (Å²) in [6, 6.07) is 6.39. The van der Waals surface area contributed by atoms with Crippen molar-refractivity contribution in [1.29, 1.82) is 0 Å². The summed E-state index contributed by atoms with van der Waals surface area (Å²) in [7, 11) is 0. The summed E-state index contributed by atoms with van der Waals surface area (Å²) in [4.78, 5) is 37.1. The maximum Gasteiger partial charge on any atom is 0.331 e. The number of pyridine rings is 1. The average Bonchev–Trinajstić information content (AvgIpc) is 3.54. The Morgan fingerprint density at radius 3 is 2.73 bits per heavy atom. The van der Waals surface area contributed by atoms with Crippen LogP contribution >= 0.6 is 0 Å². The predicted molar refractivity (Wildman–Crippen MR) is 130 cm³/mol. The lowest BCUT2D eigenvalue weighted by atomic mass is 10.1. The normalized spacial score (nSPS) is 13.5. The molecule has 0 fully saturated rings. The van der Waals surface area contributed by atoms with Crippen LogP contribution in [0.4, 0.5) is 8.78 Å². The smallest absolute Gasteiger partial charge is 0.331 e. The fourth-order valence-corrected chi connectivity index (χ4v) is 4.73. The third-order valence-corrected chi connectivity index (χ3v) is 6.42. The second kappa shape index (κ2) is 8.59. The molecule has 12 heteroatoms. The van der Waals surface area contributed by atoms with Crippen molar-refractivity contribution in [1.82, 2.24) is 39.3 Å². The van der Waals surface area contributed by atoms with Crippen LogP contribution in [0.25, 0.3) is 22.2 Å². The van der Waals surface area contributed by atoms with Gasteiger partial charge in [-0.25, -0.2) is 23.8 Å². The number of imidazole rings is 1. The third-order valence-electron chi connectivity index (χ3n) is 6.42. The van der Waals surface area contributed by atoms with Crippen molar-refractivity contribution in [2.45, 2.75) is 33.5 Å². The number of aromatic nitrogens is 6. The lowest BCUT2D eigenvalue weighted by Crippen LogP contribution is -2.24. The zero-order valence-electron chi connectivity index (χ0n) is 20.0. The summed E-state index contributed by atoms with van der Waals surface area (Å²) in [5.41, 5.74) is 2.96. The number of hydrogen-bond donors (Lipinski definition) is 2. The monoisotopic (exact) mass is 504 g/mol. The van der Waals surface area contributed by atoms with E-state index in [1.54, 1.807) is 38.4 Å². The van der Waals surface area contributed by atoms with Gasteiger partial charge in [0.25, 0.3) is 5.91 Å². The molecule has 0 saturated carbocycles. The molecule has 0 atom stereocenters. The lowest BCUT2D eigenvalue weighted by molar-refractivity contribution is 0.0949. The fraction of sp³-hybridized carbons (Fsp3) is 0.240. The molecule has 5 heterocycles. The fourth-order valence-electron chi connectivity index (χ4n) is 4.73. The molecule has 0 bridgehead atoms. The van der Waals surface area contributed by atoms with E-state index in [9.17, 15) is 14.0 Å². The first kappa shape index (κ1) is 23.0. The van der Waals surface area contributed by atoms with E-state index >= 15 is 4.39 Å². The van der Waals surface area contributed by atoms with Crippen molar-refractivity contribution in [2.75, 3.05) is 6.54 Å². The molecule has 10 nitrogen and oxygen atoms in total. The van der Waals surface area contributed by atoms with Crippen molar-refractivity contribution in [3.63, 3.8) is 0 Å². The minimum Gasteiger partial charge on any atom is -0.351 e. The maximum atomic E-state index is 15.4. The summed E-state index contributed by atoms with van der Waals surface area (Å²) in [6.07, 6.45) is 3.33. The SMILES string of the molecule is CCNC(=O)c1ccc(-n2cc3c(n2)CN(Cc2ccc4c([nH]c(=O)n5cc(C)nc45)c2F)C3)c(F)n1. The molecule has 0 unspecified atom stereocenters. The van der Waals surface area contributed by atoms with Crippen molar-refractivity contribution in [3.8, 4) is 5.69 Å². The highest BCUT2D eigenvalue weighted by molar-refractivity contribution is 5.92. The number of rotatable bonds is 5. The number of nitrogens with zero attached hydrogens (tertiary/aromatic N) is 6. The Labute approximate surface area is 208 Å². The zero-order valence-corrected chi connectivity index (χ0v) is 20.0. The maximum absolute atomic E-state index is 15.4. The number of amides is 1. The van der Waals surface area contributed by atoms with Crippen LogP contribution in [0.3, 0.4) is 0 Å². The van der Waals surface area contributed by atoms with Crippen molar-refractivity contribution >= 4 is 22.5 Å². The Morgan fingerprint density at radius 2 is 1.97 bits per heavy atom. The Hall–Kier alpha value is -4.45. The van der Waals surface area contributed by atoms with E-state index in [-0.39, 0.29) is 16.9 Å². The number of carbonyl (C=O) groups is 1. The minimum atomic E-state index is -0.796. The van der Waals surface area contributed by atoms with Gasteiger partial charge in [0.05, 0.1) is 16.9 Å². The summed E-state index contributed by atoms with van der Waals surface area (Å²) >= 11 is 0. The largest absolute Gasteiger partial charge is 0.351 e. The van der Waals surface area contributed by atoms with Gasteiger partial charge in [-0.15, -0.1) is 0 Å². The van der Waals surface area contributed by atoms with Gasteiger partial charge in [0.1, 0.15) is 11.4 Å². The summed E-state index contributed by atoms with van der Waals surface area (Å²) in [6.45, 7) is 5.20. The number of hydrogen-bond acceptors (Lipinski definition) is 6. The summed E-state index contributed by atoms with van der Waals surface area (Å²) in [5, 5.41) is 7.60. The second-order valence-corrected chi connectivity index (χ2v) is 9.02. The Bertz CT molecular complexity index is 1750. The number of H-pyrrole nitrogens is 1. The number of carbonyl (C=O) groups excluding carboxylic acids is 1. The van der Waals surface area contributed by atoms with Gasteiger partial charge in [0.2, 0.25) is 5.95 Å². The van der Waals surface area contributed by atoms with Crippen LogP contribution in [-0.2, 0) is 19.6 Å². The third kappa shape index (κ3) is 3.85. The van der Waals surface area contributed by atoms with Crippen molar-refractivity contribution in [3.05, 3.63) is 87.1 Å². The molecule has 4 aromatic heterocycles. The van der Waals surface area contributed by atoms with Crippen LogP contribution in [-0.4, -0.2) is 46.5 Å². The summed E-state index contributed by atoms with van der Waals surface area (Å²) in [5.74, 6) is -1.73. The molecular weight excluding hydrogens is 482 g/mol. The highest BCUT2D eigenvalue weighted by Gasteiger charge is 2.25. The van der Waals surface area contributed by atoms with E-state index in [1.165, 1.54) is 21.2 Å². The second-order valence-electron chi connectivity index (χ2n) is 9.02. The first-order chi connectivity index (χ1) is 17.8. The topological polar surface area (TPSA) is 113 Å². The first-order valence-corrected chi connectivity index (χ1v) is 11.8. The van der Waals surface area contributed by atoms with E-state index < -0.39 is 23.4 Å². The molecule has 37 heavy (non-hydrogen) atoms. The van der Waals surface area contributed by atoms with Gasteiger partial charge in [-0.3, -0.25) is 14.1 Å². The molecule has 1 aliphatic rings. The first-order valence-electron chi connectivity index (χ1n) is 11.8. The van der Waals surface area contributed by atoms with Gasteiger partial charge in [0.15, 0.2) is 11.5 Å². The van der Waals surface area contributed by atoms with Gasteiger partial charge >= 0.3 is 5.69 Å². The highest BCUT2D eigenvalue weighted by atomic mass is 19.1. The zero-order chi connectivity index (χ0) is 25.8.